The number of nitrogens with zero attached hydrogens (tertiary/aromatic N) is 5. The maximum Gasteiger partial charge on any atom is 0.352 e. The zero-order valence-electron chi connectivity index (χ0n) is 15.1. The standard InChI is InChI=1S/C16H16N6O4S3/c1-21-16(18-19-20-21)29-7-8-6-28-14-11(13(24)22(14)12(8)15(25)26)17-10(23)5-9-3-2-4-27-9/h2-4,11,14H,5-7H2,1H3,(H,17,23)(H,25,26)/t11-,14-/m1/s1. The number of carboxylic acids is 1. The lowest BCUT2D eigenvalue weighted by molar-refractivity contribution is -0.150. The fourth-order valence-electron chi connectivity index (χ4n) is 3.09. The van der Waals surface area contributed by atoms with E-state index in [4.69, 9.17) is 0 Å². The normalized spacial score (nSPS) is 21.0. The molecule has 2 aliphatic rings. The minimum atomic E-state index is -1.15. The number of carbonyl (C=O) groups is 3. The molecule has 2 aromatic rings. The molecule has 2 atom stereocenters. The van der Waals surface area contributed by atoms with Gasteiger partial charge in [0.1, 0.15) is 17.1 Å². The Morgan fingerprint density at radius 2 is 2.28 bits per heavy atom. The minimum absolute atomic E-state index is 0.00914. The molecule has 0 spiro atoms. The lowest BCUT2D eigenvalue weighted by Gasteiger charge is -2.49. The summed E-state index contributed by atoms with van der Waals surface area (Å²) in [4.78, 5) is 38.9. The molecule has 13 heteroatoms. The summed E-state index contributed by atoms with van der Waals surface area (Å²) < 4.78 is 1.50. The molecule has 0 aliphatic carbocycles. The summed E-state index contributed by atoms with van der Waals surface area (Å²) in [5.74, 6) is -0.996. The molecule has 2 amide bonds. The number of carboxylic acid groups (broad SMARTS) is 1. The quantitative estimate of drug-likeness (QED) is 0.451. The number of tetrazole rings is 1. The van der Waals surface area contributed by atoms with Gasteiger partial charge in [-0.3, -0.25) is 14.5 Å². The van der Waals surface area contributed by atoms with Gasteiger partial charge in [0.05, 0.1) is 6.42 Å². The van der Waals surface area contributed by atoms with Gasteiger partial charge in [-0.25, -0.2) is 9.48 Å². The number of rotatable bonds is 7. The van der Waals surface area contributed by atoms with Gasteiger partial charge in [-0.05, 0) is 27.4 Å². The van der Waals surface area contributed by atoms with Crippen LogP contribution >= 0.6 is 34.9 Å². The Balaban J connectivity index is 1.45. The number of fused-ring (bicyclic) bond motifs is 1. The number of thiophene rings is 1. The molecule has 2 aliphatic heterocycles. The van der Waals surface area contributed by atoms with Crippen LogP contribution in [-0.4, -0.2) is 70.9 Å². The summed E-state index contributed by atoms with van der Waals surface area (Å²) in [7, 11) is 1.70. The highest BCUT2D eigenvalue weighted by Gasteiger charge is 2.54. The molecular formula is C16H16N6O4S3. The van der Waals surface area contributed by atoms with Gasteiger partial charge in [-0.1, -0.05) is 17.8 Å². The number of aromatic nitrogens is 4. The maximum absolute atomic E-state index is 12.6. The van der Waals surface area contributed by atoms with Crippen LogP contribution in [0.1, 0.15) is 4.88 Å². The summed E-state index contributed by atoms with van der Waals surface area (Å²) in [6.45, 7) is 0. The summed E-state index contributed by atoms with van der Waals surface area (Å²) >= 11 is 4.23. The summed E-state index contributed by atoms with van der Waals surface area (Å²) in [6.07, 6.45) is 0.202. The van der Waals surface area contributed by atoms with Gasteiger partial charge in [0.15, 0.2) is 0 Å². The van der Waals surface area contributed by atoms with E-state index in [9.17, 15) is 19.5 Å². The van der Waals surface area contributed by atoms with E-state index >= 15 is 0 Å². The highest BCUT2D eigenvalue weighted by atomic mass is 32.2. The molecule has 1 saturated heterocycles. The number of hydrogen-bond acceptors (Lipinski definition) is 9. The molecule has 0 saturated carbocycles. The van der Waals surface area contributed by atoms with Crippen molar-refractivity contribution in [1.29, 1.82) is 0 Å². The Hall–Kier alpha value is -2.38. The number of hydrogen-bond donors (Lipinski definition) is 2. The number of nitrogens with one attached hydrogen (secondary N) is 1. The van der Waals surface area contributed by atoms with Gasteiger partial charge in [-0.2, -0.15) is 0 Å². The van der Waals surface area contributed by atoms with Gasteiger partial charge in [0.2, 0.25) is 11.1 Å². The first-order valence-electron chi connectivity index (χ1n) is 8.52. The first-order chi connectivity index (χ1) is 14.0. The van der Waals surface area contributed by atoms with E-state index in [1.54, 1.807) is 7.05 Å². The Labute approximate surface area is 177 Å². The molecule has 0 bridgehead atoms. The lowest BCUT2D eigenvalue weighted by atomic mass is 10.0. The summed E-state index contributed by atoms with van der Waals surface area (Å²) in [6, 6.07) is 3.01. The van der Waals surface area contributed by atoms with Gasteiger partial charge in [0.25, 0.3) is 5.91 Å². The van der Waals surface area contributed by atoms with Crippen LogP contribution in [0.25, 0.3) is 0 Å². The Morgan fingerprint density at radius 1 is 1.45 bits per heavy atom. The van der Waals surface area contributed by atoms with Crippen molar-refractivity contribution in [3.63, 3.8) is 0 Å². The molecule has 2 N–H and O–H groups in total. The first-order valence-corrected chi connectivity index (χ1v) is 11.4. The molecule has 29 heavy (non-hydrogen) atoms. The molecule has 152 valence electrons. The number of aryl methyl sites for hydroxylation is 1. The zero-order chi connectivity index (χ0) is 20.5. The van der Waals surface area contributed by atoms with Crippen molar-refractivity contribution in [2.45, 2.75) is 23.0 Å². The predicted octanol–water partition coefficient (Wildman–Crippen LogP) is 0.345. The predicted molar refractivity (Wildman–Crippen MR) is 107 cm³/mol. The SMILES string of the molecule is Cn1nnnc1SCC1=C(C(=O)O)N2C(=O)[C@@H](NC(=O)Cc3cccs3)[C@H]2SC1. The van der Waals surface area contributed by atoms with Crippen LogP contribution in [0.2, 0.25) is 0 Å². The molecule has 10 nitrogen and oxygen atoms in total. The minimum Gasteiger partial charge on any atom is -0.477 e. The highest BCUT2D eigenvalue weighted by Crippen LogP contribution is 2.41. The average Bonchev–Trinajstić information content (AvgIpc) is 3.35. The van der Waals surface area contributed by atoms with Gasteiger partial charge >= 0.3 is 5.97 Å². The van der Waals surface area contributed by atoms with Crippen LogP contribution in [0.3, 0.4) is 0 Å². The smallest absolute Gasteiger partial charge is 0.352 e. The first kappa shape index (κ1) is 19.9. The Morgan fingerprint density at radius 3 is 2.93 bits per heavy atom. The van der Waals surface area contributed by atoms with Crippen molar-refractivity contribution in [1.82, 2.24) is 30.4 Å². The van der Waals surface area contributed by atoms with Crippen molar-refractivity contribution >= 4 is 52.6 Å². The fourth-order valence-corrected chi connectivity index (χ4v) is 6.12. The average molecular weight is 453 g/mol. The third kappa shape index (κ3) is 3.89. The number of β-lactam (4-membered cyclic amide) rings is 1. The second-order valence-corrected chi connectivity index (χ2v) is 9.42. The molecule has 1 fully saturated rings. The molecule has 4 heterocycles. The Bertz CT molecular complexity index is 989. The maximum atomic E-state index is 12.6. The van der Waals surface area contributed by atoms with E-state index < -0.39 is 23.3 Å². The van der Waals surface area contributed by atoms with E-state index in [-0.39, 0.29) is 18.0 Å². The van der Waals surface area contributed by atoms with Crippen LogP contribution in [-0.2, 0) is 27.9 Å². The van der Waals surface area contributed by atoms with Crippen LogP contribution in [0.4, 0.5) is 0 Å². The summed E-state index contributed by atoms with van der Waals surface area (Å²) in [5, 5.41) is 25.6. The van der Waals surface area contributed by atoms with Crippen molar-refractivity contribution in [3.8, 4) is 0 Å². The largest absolute Gasteiger partial charge is 0.477 e. The van der Waals surface area contributed by atoms with Crippen LogP contribution in [0.15, 0.2) is 33.9 Å². The van der Waals surface area contributed by atoms with Crippen LogP contribution in [0.5, 0.6) is 0 Å². The number of thioether (sulfide) groups is 2. The van der Waals surface area contributed by atoms with Crippen molar-refractivity contribution in [2.75, 3.05) is 11.5 Å². The van der Waals surface area contributed by atoms with E-state index in [0.717, 1.165) is 4.88 Å². The third-order valence-electron chi connectivity index (χ3n) is 4.44. The molecule has 2 aromatic heterocycles. The molecular weight excluding hydrogens is 436 g/mol. The Kier molecular flexibility index (Phi) is 5.61. The second kappa shape index (κ2) is 8.16. The number of amides is 2. The molecule has 0 unspecified atom stereocenters. The van der Waals surface area contributed by atoms with Gasteiger partial charge in [-0.15, -0.1) is 28.2 Å². The van der Waals surface area contributed by atoms with E-state index in [1.807, 2.05) is 17.5 Å². The fraction of sp³-hybridized carbons (Fsp3) is 0.375. The van der Waals surface area contributed by atoms with E-state index in [0.29, 0.717) is 22.2 Å². The van der Waals surface area contributed by atoms with Crippen molar-refractivity contribution < 1.29 is 19.5 Å². The zero-order valence-corrected chi connectivity index (χ0v) is 17.6. The molecule has 4 rings (SSSR count). The monoisotopic (exact) mass is 452 g/mol. The number of aliphatic carboxylic acids is 1. The van der Waals surface area contributed by atoms with Gasteiger partial charge < -0.3 is 10.4 Å². The van der Waals surface area contributed by atoms with E-state index in [1.165, 1.54) is 44.4 Å². The molecule has 0 aromatic carbocycles. The van der Waals surface area contributed by atoms with Crippen LogP contribution < -0.4 is 5.32 Å². The number of carbonyl (C=O) groups excluding carboxylic acids is 2. The van der Waals surface area contributed by atoms with Crippen molar-refractivity contribution in [2.24, 2.45) is 7.05 Å². The molecule has 0 radical (unpaired) electrons. The topological polar surface area (TPSA) is 130 Å². The second-order valence-electron chi connectivity index (χ2n) is 6.34. The lowest BCUT2D eigenvalue weighted by Crippen LogP contribution is -2.70. The highest BCUT2D eigenvalue weighted by molar-refractivity contribution is 8.01. The van der Waals surface area contributed by atoms with Crippen LogP contribution in [0, 0.1) is 0 Å². The van der Waals surface area contributed by atoms with E-state index in [2.05, 4.69) is 20.8 Å². The van der Waals surface area contributed by atoms with Crippen molar-refractivity contribution in [3.05, 3.63) is 33.7 Å². The summed E-state index contributed by atoms with van der Waals surface area (Å²) in [5.41, 5.74) is 0.619. The van der Waals surface area contributed by atoms with Gasteiger partial charge in [0, 0.05) is 23.4 Å². The third-order valence-corrected chi connectivity index (χ3v) is 7.75.